The van der Waals surface area contributed by atoms with Crippen molar-refractivity contribution in [3.05, 3.63) is 0 Å². The van der Waals surface area contributed by atoms with Crippen LogP contribution in [0.1, 0.15) is 19.3 Å². The molecule has 1 unspecified atom stereocenters. The number of hydrogen-bond acceptors (Lipinski definition) is 2. The Morgan fingerprint density at radius 1 is 1.29 bits per heavy atom. The van der Waals surface area contributed by atoms with Gasteiger partial charge >= 0.3 is 0 Å². The zero-order valence-corrected chi connectivity index (χ0v) is 12.1. The van der Waals surface area contributed by atoms with Crippen molar-refractivity contribution in [2.24, 2.45) is 5.73 Å². The molecule has 1 aliphatic heterocycles. The molecular formula is C10H25NOSi2. The second-order valence-electron chi connectivity index (χ2n) is 5.60. The van der Waals surface area contributed by atoms with Crippen LogP contribution in [0.2, 0.25) is 32.2 Å². The van der Waals surface area contributed by atoms with Crippen LogP contribution in [0.5, 0.6) is 0 Å². The summed E-state index contributed by atoms with van der Waals surface area (Å²) in [6.45, 7) is 10.6. The molecule has 2 N–H and O–H groups in total. The lowest BCUT2D eigenvalue weighted by Crippen LogP contribution is -2.61. The maximum atomic E-state index is 6.34. The van der Waals surface area contributed by atoms with Crippen LogP contribution in [0.15, 0.2) is 0 Å². The van der Waals surface area contributed by atoms with E-state index >= 15 is 0 Å². The van der Waals surface area contributed by atoms with Gasteiger partial charge in [-0.3, -0.25) is 0 Å². The summed E-state index contributed by atoms with van der Waals surface area (Å²) in [6, 6.07) is 1.46. The molecule has 84 valence electrons. The molecule has 0 aromatic heterocycles. The molecule has 1 rings (SSSR count). The fourth-order valence-electron chi connectivity index (χ4n) is 2.01. The fourth-order valence-corrected chi connectivity index (χ4v) is 8.74. The van der Waals surface area contributed by atoms with Crippen molar-refractivity contribution in [1.82, 2.24) is 0 Å². The van der Waals surface area contributed by atoms with Gasteiger partial charge in [-0.1, -0.05) is 19.1 Å². The first-order valence-electron chi connectivity index (χ1n) is 5.77. The van der Waals surface area contributed by atoms with Crippen LogP contribution in [-0.4, -0.2) is 28.1 Å². The summed E-state index contributed by atoms with van der Waals surface area (Å²) in [5.41, 5.74) is 5.53. The molecule has 0 bridgehead atoms. The minimum Gasteiger partial charge on any atom is -0.417 e. The highest BCUT2D eigenvalue weighted by atomic mass is 29.3. The molecule has 1 aliphatic rings. The lowest BCUT2D eigenvalue weighted by atomic mass is 10.1. The maximum Gasteiger partial charge on any atom is 0.174 e. The van der Waals surface area contributed by atoms with E-state index in [9.17, 15) is 0 Å². The quantitative estimate of drug-likeness (QED) is 0.758. The third kappa shape index (κ3) is 2.69. The summed E-state index contributed by atoms with van der Waals surface area (Å²) in [5.74, 6) is 0. The zero-order chi connectivity index (χ0) is 10.8. The molecule has 0 aliphatic carbocycles. The number of nitrogens with two attached hydrogens (primary N) is 1. The van der Waals surface area contributed by atoms with Gasteiger partial charge in [-0.2, -0.15) is 0 Å². The molecular weight excluding hydrogens is 206 g/mol. The molecule has 0 aromatic rings. The van der Waals surface area contributed by atoms with Gasteiger partial charge in [-0.15, -0.1) is 0 Å². The summed E-state index contributed by atoms with van der Waals surface area (Å²) in [7, 11) is -2.35. The van der Waals surface area contributed by atoms with Crippen LogP contribution < -0.4 is 5.73 Å². The van der Waals surface area contributed by atoms with Gasteiger partial charge in [0, 0.05) is 6.10 Å². The van der Waals surface area contributed by atoms with Gasteiger partial charge < -0.3 is 10.2 Å². The standard InChI is InChI=1S/C10H25NOSi2/c1-13(2)9-7-10(6-5-8-11)12-14(13,3)4/h10H,5-9,11H2,1-4H3. The fraction of sp³-hybridized carbons (Fsp3) is 1.00. The predicted molar refractivity (Wildman–Crippen MR) is 67.5 cm³/mol. The Morgan fingerprint density at radius 2 is 1.93 bits per heavy atom. The van der Waals surface area contributed by atoms with Crippen LogP contribution in [0.25, 0.3) is 0 Å². The van der Waals surface area contributed by atoms with Crippen LogP contribution in [-0.2, 0) is 4.43 Å². The summed E-state index contributed by atoms with van der Waals surface area (Å²) in [6.07, 6.45) is 4.12. The van der Waals surface area contributed by atoms with Crippen LogP contribution >= 0.6 is 0 Å². The smallest absolute Gasteiger partial charge is 0.174 e. The van der Waals surface area contributed by atoms with Crippen molar-refractivity contribution >= 4 is 15.4 Å². The van der Waals surface area contributed by atoms with E-state index in [0.717, 1.165) is 13.0 Å². The molecule has 0 aromatic carbocycles. The topological polar surface area (TPSA) is 35.2 Å². The monoisotopic (exact) mass is 231 g/mol. The SMILES string of the molecule is C[Si]1(C)CCC(CCCN)O[Si]1(C)C. The summed E-state index contributed by atoms with van der Waals surface area (Å²) < 4.78 is 6.34. The highest BCUT2D eigenvalue weighted by Gasteiger charge is 2.47. The first-order valence-corrected chi connectivity index (χ1v) is 12.9. The molecule has 0 amide bonds. The third-order valence-corrected chi connectivity index (χ3v) is 20.5. The normalized spacial score (nSPS) is 30.2. The van der Waals surface area contributed by atoms with Gasteiger partial charge in [0.2, 0.25) is 0 Å². The summed E-state index contributed by atoms with van der Waals surface area (Å²) in [4.78, 5) is 0. The largest absolute Gasteiger partial charge is 0.417 e. The minimum atomic E-state index is -1.33. The third-order valence-electron chi connectivity index (χ3n) is 3.91. The van der Waals surface area contributed by atoms with E-state index in [1.165, 1.54) is 18.9 Å². The van der Waals surface area contributed by atoms with Crippen molar-refractivity contribution in [3.63, 3.8) is 0 Å². The van der Waals surface area contributed by atoms with E-state index in [-0.39, 0.29) is 0 Å². The Kier molecular flexibility index (Phi) is 3.97. The maximum absolute atomic E-state index is 6.34. The van der Waals surface area contributed by atoms with Gasteiger partial charge in [0.1, 0.15) is 0 Å². The van der Waals surface area contributed by atoms with E-state index in [1.54, 1.807) is 0 Å². The van der Waals surface area contributed by atoms with Gasteiger partial charge in [0.15, 0.2) is 7.83 Å². The molecule has 0 radical (unpaired) electrons. The van der Waals surface area contributed by atoms with Gasteiger partial charge in [0.25, 0.3) is 0 Å². The first-order chi connectivity index (χ1) is 6.39. The van der Waals surface area contributed by atoms with E-state index < -0.39 is 15.4 Å². The second-order valence-corrected chi connectivity index (χ2v) is 20.8. The lowest BCUT2D eigenvalue weighted by Gasteiger charge is -2.45. The highest BCUT2D eigenvalue weighted by molar-refractivity contribution is 7.38. The van der Waals surface area contributed by atoms with Crippen molar-refractivity contribution in [2.75, 3.05) is 6.54 Å². The van der Waals surface area contributed by atoms with Crippen molar-refractivity contribution in [2.45, 2.75) is 57.6 Å². The van der Waals surface area contributed by atoms with Crippen LogP contribution in [0.3, 0.4) is 0 Å². The summed E-state index contributed by atoms with van der Waals surface area (Å²) >= 11 is 0. The zero-order valence-electron chi connectivity index (χ0n) is 10.1. The molecule has 0 spiro atoms. The van der Waals surface area contributed by atoms with Crippen LogP contribution in [0, 0.1) is 0 Å². The minimum absolute atomic E-state index is 0.528. The average Bonchev–Trinajstić information content (AvgIpc) is 2.07. The first kappa shape index (κ1) is 12.4. The van der Waals surface area contributed by atoms with Gasteiger partial charge in [-0.25, -0.2) is 0 Å². The van der Waals surface area contributed by atoms with E-state index in [4.69, 9.17) is 10.2 Å². The van der Waals surface area contributed by atoms with Crippen LogP contribution in [0.4, 0.5) is 0 Å². The van der Waals surface area contributed by atoms with E-state index in [0.29, 0.717) is 6.10 Å². The summed E-state index contributed by atoms with van der Waals surface area (Å²) in [5, 5.41) is 0. The Morgan fingerprint density at radius 3 is 2.43 bits per heavy atom. The predicted octanol–water partition coefficient (Wildman–Crippen LogP) is 2.51. The number of hydrogen-bond donors (Lipinski definition) is 1. The molecule has 1 saturated heterocycles. The highest BCUT2D eigenvalue weighted by Crippen LogP contribution is 2.34. The molecule has 1 heterocycles. The Labute approximate surface area is 90.1 Å². The Balaban J connectivity index is 2.50. The molecule has 0 saturated carbocycles. The molecule has 4 heteroatoms. The molecule has 1 fully saturated rings. The van der Waals surface area contributed by atoms with E-state index in [1.807, 2.05) is 0 Å². The lowest BCUT2D eigenvalue weighted by molar-refractivity contribution is 0.173. The van der Waals surface area contributed by atoms with Crippen molar-refractivity contribution in [1.29, 1.82) is 0 Å². The molecule has 14 heavy (non-hydrogen) atoms. The number of rotatable bonds is 3. The van der Waals surface area contributed by atoms with E-state index in [2.05, 4.69) is 26.2 Å². The van der Waals surface area contributed by atoms with Gasteiger partial charge in [-0.05, 0) is 38.9 Å². The Bertz CT molecular complexity index is 195. The molecule has 1 atom stereocenters. The average molecular weight is 231 g/mol. The van der Waals surface area contributed by atoms with Crippen molar-refractivity contribution in [3.8, 4) is 0 Å². The second kappa shape index (κ2) is 4.47. The van der Waals surface area contributed by atoms with Gasteiger partial charge in [0.05, 0.1) is 7.59 Å². The molecule has 2 nitrogen and oxygen atoms in total. The van der Waals surface area contributed by atoms with Crippen molar-refractivity contribution < 1.29 is 4.43 Å². The Hall–Kier alpha value is 0.354.